The molecular weight excluding hydrogens is 206 g/mol. The van der Waals surface area contributed by atoms with Crippen LogP contribution < -0.4 is 0 Å². The lowest BCUT2D eigenvalue weighted by Gasteiger charge is -2.12. The van der Waals surface area contributed by atoms with E-state index in [0.717, 1.165) is 6.42 Å². The van der Waals surface area contributed by atoms with E-state index in [4.69, 9.17) is 23.2 Å². The first-order valence-corrected chi connectivity index (χ1v) is 4.57. The fraction of sp³-hybridized carbons (Fsp3) is 0.857. The highest BCUT2D eigenvalue weighted by Gasteiger charge is 2.36. The molecule has 0 aromatic heterocycles. The predicted octanol–water partition coefficient (Wildman–Crippen LogP) is 2.47. The Morgan fingerprint density at radius 3 is 2.67 bits per heavy atom. The van der Waals surface area contributed by atoms with E-state index in [1.165, 1.54) is 0 Å². The molecule has 1 atom stereocenters. The molecule has 72 valence electrons. The molecule has 0 fully saturated rings. The number of unbranched alkanes of at least 4 members (excludes halogenated alkanes) is 1. The first-order valence-electron chi connectivity index (χ1n) is 3.65. The SMILES string of the molecule is CCCCOC(=O)C(F)(Cl)CCl. The highest BCUT2D eigenvalue weighted by atomic mass is 35.5. The van der Waals surface area contributed by atoms with Crippen molar-refractivity contribution in [2.75, 3.05) is 12.5 Å². The van der Waals surface area contributed by atoms with Gasteiger partial charge in [-0.3, -0.25) is 0 Å². The highest BCUT2D eigenvalue weighted by molar-refractivity contribution is 6.37. The van der Waals surface area contributed by atoms with Crippen LogP contribution in [0.1, 0.15) is 19.8 Å². The summed E-state index contributed by atoms with van der Waals surface area (Å²) in [5.74, 6) is -1.70. The van der Waals surface area contributed by atoms with Crippen molar-refractivity contribution in [3.8, 4) is 0 Å². The second-order valence-electron chi connectivity index (χ2n) is 2.33. The summed E-state index contributed by atoms with van der Waals surface area (Å²) in [5.41, 5.74) is 0. The van der Waals surface area contributed by atoms with E-state index in [1.54, 1.807) is 0 Å². The minimum absolute atomic E-state index is 0.185. The fourth-order valence-corrected chi connectivity index (χ4v) is 0.633. The molecule has 0 aromatic carbocycles. The number of carbonyl (C=O) groups is 1. The fourth-order valence-electron chi connectivity index (χ4n) is 0.469. The van der Waals surface area contributed by atoms with Crippen LogP contribution >= 0.6 is 23.2 Å². The summed E-state index contributed by atoms with van der Waals surface area (Å²) >= 11 is 10.2. The molecule has 1 unspecified atom stereocenters. The summed E-state index contributed by atoms with van der Waals surface area (Å²) in [7, 11) is 0. The molecule has 12 heavy (non-hydrogen) atoms. The molecule has 0 amide bonds. The second kappa shape index (κ2) is 5.60. The van der Waals surface area contributed by atoms with Gasteiger partial charge in [-0.15, -0.1) is 11.6 Å². The Morgan fingerprint density at radius 1 is 1.67 bits per heavy atom. The first kappa shape index (κ1) is 12.0. The molecule has 0 aliphatic rings. The van der Waals surface area contributed by atoms with Crippen molar-refractivity contribution in [2.45, 2.75) is 24.9 Å². The minimum atomic E-state index is -2.57. The zero-order valence-electron chi connectivity index (χ0n) is 6.78. The van der Waals surface area contributed by atoms with Gasteiger partial charge >= 0.3 is 5.97 Å². The van der Waals surface area contributed by atoms with E-state index >= 15 is 0 Å². The van der Waals surface area contributed by atoms with Gasteiger partial charge in [0.25, 0.3) is 5.13 Å². The lowest BCUT2D eigenvalue weighted by Crippen LogP contribution is -2.31. The van der Waals surface area contributed by atoms with Crippen LogP contribution in [0.3, 0.4) is 0 Å². The Hall–Kier alpha value is -0.0200. The Morgan fingerprint density at radius 2 is 2.25 bits per heavy atom. The van der Waals surface area contributed by atoms with Crippen LogP contribution in [0.15, 0.2) is 0 Å². The normalized spacial score (nSPS) is 15.3. The van der Waals surface area contributed by atoms with Crippen LogP contribution in [0.5, 0.6) is 0 Å². The maximum atomic E-state index is 12.8. The molecule has 0 saturated carbocycles. The van der Waals surface area contributed by atoms with Gasteiger partial charge < -0.3 is 4.74 Å². The Kier molecular flexibility index (Phi) is 5.59. The van der Waals surface area contributed by atoms with Gasteiger partial charge in [-0.2, -0.15) is 0 Å². The van der Waals surface area contributed by atoms with Gasteiger partial charge in [0.1, 0.15) is 0 Å². The molecule has 0 heterocycles. The number of esters is 1. The van der Waals surface area contributed by atoms with Crippen molar-refractivity contribution in [2.24, 2.45) is 0 Å². The summed E-state index contributed by atoms with van der Waals surface area (Å²) in [6.07, 6.45) is 1.57. The largest absolute Gasteiger partial charge is 0.462 e. The quantitative estimate of drug-likeness (QED) is 0.401. The summed E-state index contributed by atoms with van der Waals surface area (Å²) in [6.45, 7) is 2.11. The van der Waals surface area contributed by atoms with Crippen molar-refractivity contribution >= 4 is 29.2 Å². The molecule has 2 nitrogen and oxygen atoms in total. The monoisotopic (exact) mass is 216 g/mol. The van der Waals surface area contributed by atoms with Crippen LogP contribution in [0.2, 0.25) is 0 Å². The van der Waals surface area contributed by atoms with Gasteiger partial charge in [-0.1, -0.05) is 24.9 Å². The van der Waals surface area contributed by atoms with Crippen molar-refractivity contribution in [1.29, 1.82) is 0 Å². The summed E-state index contributed by atoms with van der Waals surface area (Å²) < 4.78 is 17.3. The predicted molar refractivity (Wildman–Crippen MR) is 46.3 cm³/mol. The van der Waals surface area contributed by atoms with E-state index in [1.807, 2.05) is 6.92 Å². The molecule has 0 bridgehead atoms. The maximum absolute atomic E-state index is 12.8. The molecule has 0 aliphatic heterocycles. The summed E-state index contributed by atoms with van der Waals surface area (Å²) in [6, 6.07) is 0. The second-order valence-corrected chi connectivity index (χ2v) is 3.19. The number of ether oxygens (including phenoxy) is 1. The molecule has 0 radical (unpaired) electrons. The Balaban J connectivity index is 3.72. The van der Waals surface area contributed by atoms with Gasteiger partial charge in [-0.25, -0.2) is 9.18 Å². The van der Waals surface area contributed by atoms with Crippen LogP contribution in [0.4, 0.5) is 4.39 Å². The van der Waals surface area contributed by atoms with Crippen molar-refractivity contribution in [3.05, 3.63) is 0 Å². The van der Waals surface area contributed by atoms with Crippen LogP contribution in [-0.4, -0.2) is 23.6 Å². The standard InChI is InChI=1S/C7H11Cl2FO2/c1-2-3-4-12-6(11)7(9,10)5-8/h2-5H2,1H3. The molecule has 0 N–H and O–H groups in total. The van der Waals surface area contributed by atoms with Gasteiger partial charge in [0.2, 0.25) is 0 Å². The van der Waals surface area contributed by atoms with Crippen molar-refractivity contribution in [1.82, 2.24) is 0 Å². The number of hydrogen-bond donors (Lipinski definition) is 0. The Bertz CT molecular complexity index is 150. The van der Waals surface area contributed by atoms with Crippen LogP contribution in [0.25, 0.3) is 0 Å². The highest BCUT2D eigenvalue weighted by Crippen LogP contribution is 2.20. The van der Waals surface area contributed by atoms with E-state index in [-0.39, 0.29) is 6.61 Å². The van der Waals surface area contributed by atoms with Crippen molar-refractivity contribution in [3.63, 3.8) is 0 Å². The van der Waals surface area contributed by atoms with Crippen molar-refractivity contribution < 1.29 is 13.9 Å². The van der Waals surface area contributed by atoms with E-state index < -0.39 is 17.0 Å². The lowest BCUT2D eigenvalue weighted by molar-refractivity contribution is -0.151. The third-order valence-corrected chi connectivity index (χ3v) is 1.99. The number of carbonyl (C=O) groups excluding carboxylic acids is 1. The lowest BCUT2D eigenvalue weighted by atomic mass is 10.3. The minimum Gasteiger partial charge on any atom is -0.462 e. The molecular formula is C7H11Cl2FO2. The van der Waals surface area contributed by atoms with Crippen LogP contribution in [-0.2, 0) is 9.53 Å². The molecule has 0 spiro atoms. The zero-order chi connectivity index (χ0) is 9.61. The topological polar surface area (TPSA) is 26.3 Å². The zero-order valence-corrected chi connectivity index (χ0v) is 8.29. The number of alkyl halides is 3. The van der Waals surface area contributed by atoms with E-state index in [2.05, 4.69) is 4.74 Å². The van der Waals surface area contributed by atoms with Gasteiger partial charge in [0, 0.05) is 0 Å². The number of hydrogen-bond acceptors (Lipinski definition) is 2. The van der Waals surface area contributed by atoms with Gasteiger partial charge in [-0.05, 0) is 6.42 Å². The van der Waals surface area contributed by atoms with Gasteiger partial charge in [0.15, 0.2) is 0 Å². The molecule has 5 heteroatoms. The average Bonchev–Trinajstić information content (AvgIpc) is 2.05. The van der Waals surface area contributed by atoms with E-state index in [9.17, 15) is 9.18 Å². The third-order valence-electron chi connectivity index (χ3n) is 1.20. The average molecular weight is 217 g/mol. The summed E-state index contributed by atoms with van der Waals surface area (Å²) in [4.78, 5) is 10.8. The molecule has 0 aliphatic carbocycles. The number of halogens is 3. The van der Waals surface area contributed by atoms with Gasteiger partial charge in [0.05, 0.1) is 12.5 Å². The molecule has 0 aromatic rings. The molecule has 0 saturated heterocycles. The smallest absolute Gasteiger partial charge is 0.361 e. The van der Waals surface area contributed by atoms with Crippen LogP contribution in [0, 0.1) is 0 Å². The Labute approximate surface area is 81.0 Å². The first-order chi connectivity index (χ1) is 5.54. The van der Waals surface area contributed by atoms with E-state index in [0.29, 0.717) is 6.42 Å². The number of rotatable bonds is 5. The molecule has 0 rings (SSSR count). The maximum Gasteiger partial charge on any atom is 0.361 e. The third kappa shape index (κ3) is 4.12. The summed E-state index contributed by atoms with van der Waals surface area (Å²) in [5, 5.41) is -2.57.